The maximum Gasteiger partial charge on any atom is 0.245 e. The van der Waals surface area contributed by atoms with Gasteiger partial charge in [0.2, 0.25) is 5.95 Å². The van der Waals surface area contributed by atoms with Crippen molar-refractivity contribution in [2.45, 2.75) is 0 Å². The quantitative estimate of drug-likeness (QED) is 0.798. The fourth-order valence-corrected chi connectivity index (χ4v) is 3.00. The van der Waals surface area contributed by atoms with Crippen LogP contribution in [0.4, 0.5) is 10.3 Å². The van der Waals surface area contributed by atoms with Gasteiger partial charge in [0, 0.05) is 26.2 Å². The molecule has 0 amide bonds. The van der Waals surface area contributed by atoms with E-state index in [9.17, 15) is 4.39 Å². The lowest BCUT2D eigenvalue weighted by molar-refractivity contribution is 0.533. The zero-order valence-corrected chi connectivity index (χ0v) is 9.88. The normalized spacial score (nSPS) is 27.1. The summed E-state index contributed by atoms with van der Waals surface area (Å²) in [6.07, 6.45) is 1.37. The Labute approximate surface area is 104 Å². The van der Waals surface area contributed by atoms with Crippen LogP contribution in [-0.2, 0) is 0 Å². The van der Waals surface area contributed by atoms with Crippen LogP contribution >= 0.6 is 0 Å². The second-order valence-electron chi connectivity index (χ2n) is 5.15. The van der Waals surface area contributed by atoms with Gasteiger partial charge in [-0.05, 0) is 24.0 Å². The Hall–Kier alpha value is -1.69. The average molecular weight is 247 g/mol. The van der Waals surface area contributed by atoms with E-state index < -0.39 is 0 Å². The van der Waals surface area contributed by atoms with Crippen molar-refractivity contribution in [2.75, 3.05) is 31.1 Å². The van der Waals surface area contributed by atoms with Crippen molar-refractivity contribution < 1.29 is 4.39 Å². The van der Waals surface area contributed by atoms with Gasteiger partial charge in [0.1, 0.15) is 5.82 Å². The molecule has 5 nitrogen and oxygen atoms in total. The molecule has 1 N–H and O–H groups in total. The number of hydrogen-bond acceptors (Lipinski definition) is 4. The van der Waals surface area contributed by atoms with E-state index >= 15 is 0 Å². The summed E-state index contributed by atoms with van der Waals surface area (Å²) >= 11 is 0. The number of anilines is 1. The van der Waals surface area contributed by atoms with Crippen molar-refractivity contribution in [3.8, 4) is 0 Å². The zero-order chi connectivity index (χ0) is 12.1. The summed E-state index contributed by atoms with van der Waals surface area (Å²) in [7, 11) is 0. The molecule has 2 aliphatic rings. The van der Waals surface area contributed by atoms with Gasteiger partial charge >= 0.3 is 0 Å². The summed E-state index contributed by atoms with van der Waals surface area (Å²) in [4.78, 5) is 6.66. The Bertz CT molecular complexity index is 583. The third kappa shape index (κ3) is 1.49. The highest BCUT2D eigenvalue weighted by Gasteiger charge is 2.37. The molecule has 2 aromatic heterocycles. The van der Waals surface area contributed by atoms with Gasteiger partial charge in [-0.3, -0.25) is 0 Å². The van der Waals surface area contributed by atoms with E-state index in [4.69, 9.17) is 0 Å². The van der Waals surface area contributed by atoms with Gasteiger partial charge in [-0.25, -0.2) is 8.91 Å². The van der Waals surface area contributed by atoms with E-state index in [1.54, 1.807) is 6.07 Å². The molecule has 2 fully saturated rings. The number of halogens is 1. The summed E-state index contributed by atoms with van der Waals surface area (Å²) in [6.45, 7) is 4.17. The zero-order valence-electron chi connectivity index (χ0n) is 9.88. The second-order valence-corrected chi connectivity index (χ2v) is 5.15. The highest BCUT2D eigenvalue weighted by Crippen LogP contribution is 2.28. The van der Waals surface area contributed by atoms with Gasteiger partial charge in [-0.1, -0.05) is 0 Å². The largest absolute Gasteiger partial charge is 0.339 e. The smallest absolute Gasteiger partial charge is 0.245 e. The van der Waals surface area contributed by atoms with Crippen LogP contribution in [0.25, 0.3) is 5.65 Å². The topological polar surface area (TPSA) is 45.5 Å². The molecule has 0 bridgehead atoms. The van der Waals surface area contributed by atoms with E-state index in [0.29, 0.717) is 17.5 Å². The molecule has 2 atom stereocenters. The van der Waals surface area contributed by atoms with Gasteiger partial charge in [0.25, 0.3) is 0 Å². The number of aromatic nitrogens is 3. The molecule has 18 heavy (non-hydrogen) atoms. The highest BCUT2D eigenvalue weighted by molar-refractivity contribution is 5.45. The van der Waals surface area contributed by atoms with E-state index in [1.165, 1.54) is 16.8 Å². The molecule has 2 saturated heterocycles. The molecule has 0 aliphatic carbocycles. The van der Waals surface area contributed by atoms with Crippen molar-refractivity contribution in [1.29, 1.82) is 0 Å². The maximum absolute atomic E-state index is 13.1. The van der Waals surface area contributed by atoms with E-state index in [1.807, 2.05) is 0 Å². The summed E-state index contributed by atoms with van der Waals surface area (Å²) < 4.78 is 14.6. The average Bonchev–Trinajstić information content (AvgIpc) is 2.99. The SMILES string of the molecule is Fc1ccc2nc(N3CC4CNCC4C3)nn2c1. The van der Waals surface area contributed by atoms with Crippen LogP contribution in [0.15, 0.2) is 18.3 Å². The van der Waals surface area contributed by atoms with Gasteiger partial charge in [0.05, 0.1) is 6.20 Å². The van der Waals surface area contributed by atoms with Crippen LogP contribution in [-0.4, -0.2) is 40.8 Å². The van der Waals surface area contributed by atoms with E-state index in [2.05, 4.69) is 20.3 Å². The van der Waals surface area contributed by atoms with Crippen LogP contribution in [0.3, 0.4) is 0 Å². The van der Waals surface area contributed by atoms with Crippen molar-refractivity contribution in [3.05, 3.63) is 24.1 Å². The molecule has 2 unspecified atom stereocenters. The summed E-state index contributed by atoms with van der Waals surface area (Å²) in [5.74, 6) is 1.83. The lowest BCUT2D eigenvalue weighted by Gasteiger charge is -2.14. The van der Waals surface area contributed by atoms with E-state index in [0.717, 1.165) is 32.1 Å². The predicted molar refractivity (Wildman–Crippen MR) is 65.0 cm³/mol. The standard InChI is InChI=1S/C12H14FN5/c13-10-1-2-11-15-12(16-18(11)7-10)17-5-8-3-14-4-9(8)6-17/h1-2,7-9,14H,3-6H2. The third-order valence-electron chi connectivity index (χ3n) is 3.96. The molecular formula is C12H14FN5. The van der Waals surface area contributed by atoms with Crippen LogP contribution in [0.1, 0.15) is 0 Å². The molecule has 2 aliphatic heterocycles. The number of pyridine rings is 1. The van der Waals surface area contributed by atoms with Crippen LogP contribution in [0.2, 0.25) is 0 Å². The minimum atomic E-state index is -0.290. The maximum atomic E-state index is 13.1. The predicted octanol–water partition coefficient (Wildman–Crippen LogP) is 0.524. The first-order valence-electron chi connectivity index (χ1n) is 6.27. The monoisotopic (exact) mass is 247 g/mol. The first kappa shape index (κ1) is 10.3. The lowest BCUT2D eigenvalue weighted by Crippen LogP contribution is -2.26. The van der Waals surface area contributed by atoms with Gasteiger partial charge in [-0.15, -0.1) is 5.10 Å². The highest BCUT2D eigenvalue weighted by atomic mass is 19.1. The molecule has 94 valence electrons. The molecular weight excluding hydrogens is 233 g/mol. The molecule has 4 rings (SSSR count). The molecule has 0 aromatic carbocycles. The summed E-state index contributed by atoms with van der Waals surface area (Å²) in [5, 5.41) is 7.76. The fourth-order valence-electron chi connectivity index (χ4n) is 3.00. The van der Waals surface area contributed by atoms with E-state index in [-0.39, 0.29) is 5.82 Å². The molecule has 6 heteroatoms. The Kier molecular flexibility index (Phi) is 2.08. The Morgan fingerprint density at radius 2 is 2.00 bits per heavy atom. The van der Waals surface area contributed by atoms with Crippen LogP contribution < -0.4 is 10.2 Å². The third-order valence-corrected chi connectivity index (χ3v) is 3.96. The Morgan fingerprint density at radius 1 is 1.22 bits per heavy atom. The second kappa shape index (κ2) is 3.65. The summed E-state index contributed by atoms with van der Waals surface area (Å²) in [6, 6.07) is 3.07. The fraction of sp³-hybridized carbons (Fsp3) is 0.500. The molecule has 2 aromatic rings. The lowest BCUT2D eigenvalue weighted by atomic mass is 10.0. The first-order chi connectivity index (χ1) is 8.79. The van der Waals surface area contributed by atoms with Crippen molar-refractivity contribution in [1.82, 2.24) is 19.9 Å². The number of rotatable bonds is 1. The van der Waals surface area contributed by atoms with Crippen molar-refractivity contribution >= 4 is 11.6 Å². The van der Waals surface area contributed by atoms with Gasteiger partial charge in [0.15, 0.2) is 5.65 Å². The first-order valence-corrected chi connectivity index (χ1v) is 6.27. The van der Waals surface area contributed by atoms with Crippen molar-refractivity contribution in [3.63, 3.8) is 0 Å². The molecule has 0 radical (unpaired) electrons. The van der Waals surface area contributed by atoms with Crippen LogP contribution in [0.5, 0.6) is 0 Å². The molecule has 0 spiro atoms. The number of nitrogens with one attached hydrogen (secondary N) is 1. The Balaban J connectivity index is 1.67. The number of fused-ring (bicyclic) bond motifs is 2. The van der Waals surface area contributed by atoms with Crippen molar-refractivity contribution in [2.24, 2.45) is 11.8 Å². The minimum Gasteiger partial charge on any atom is -0.339 e. The minimum absolute atomic E-state index is 0.290. The molecule has 4 heterocycles. The number of hydrogen-bond donors (Lipinski definition) is 1. The van der Waals surface area contributed by atoms with Crippen LogP contribution in [0, 0.1) is 17.7 Å². The Morgan fingerprint density at radius 3 is 2.78 bits per heavy atom. The van der Waals surface area contributed by atoms with Gasteiger partial charge in [-0.2, -0.15) is 4.98 Å². The summed E-state index contributed by atoms with van der Waals surface area (Å²) in [5.41, 5.74) is 0.696. The van der Waals surface area contributed by atoms with Gasteiger partial charge < -0.3 is 10.2 Å². The molecule has 0 saturated carbocycles. The number of nitrogens with zero attached hydrogens (tertiary/aromatic N) is 4.